The number of rotatable bonds is 40. The lowest BCUT2D eigenvalue weighted by atomic mass is 10.0. The Morgan fingerprint density at radius 1 is 0.547 bits per heavy atom. The molecule has 7 nitrogen and oxygen atoms in total. The SMILES string of the molecule is CCCCCCC/C=C/CCCCCCCC(=O)COCC(OC(=O)CCCCCCC/C=C/CCCCCCCC)C(O)C(=O)CCC[N+](C)(C)C. The topological polar surface area (TPSA) is 89.9 Å². The highest BCUT2D eigenvalue weighted by Gasteiger charge is 2.30. The molecule has 2 unspecified atom stereocenters. The van der Waals surface area contributed by atoms with Crippen LogP contribution in [0.5, 0.6) is 0 Å². The molecule has 53 heavy (non-hydrogen) atoms. The number of carbonyl (C=O) groups is 3. The van der Waals surface area contributed by atoms with E-state index < -0.39 is 18.2 Å². The highest BCUT2D eigenvalue weighted by atomic mass is 16.6. The van der Waals surface area contributed by atoms with Crippen LogP contribution in [0.3, 0.4) is 0 Å². The van der Waals surface area contributed by atoms with Gasteiger partial charge < -0.3 is 19.1 Å². The van der Waals surface area contributed by atoms with Gasteiger partial charge in [0.05, 0.1) is 34.3 Å². The third-order valence-corrected chi connectivity index (χ3v) is 9.87. The van der Waals surface area contributed by atoms with E-state index in [9.17, 15) is 19.5 Å². The molecule has 0 spiro atoms. The maximum absolute atomic E-state index is 12.8. The first-order valence-corrected chi connectivity index (χ1v) is 22.2. The number of nitrogens with zero attached hydrogens (tertiary/aromatic N) is 1. The lowest BCUT2D eigenvalue weighted by molar-refractivity contribution is -0.870. The molecule has 310 valence electrons. The van der Waals surface area contributed by atoms with Crippen LogP contribution in [-0.4, -0.2) is 80.2 Å². The van der Waals surface area contributed by atoms with Gasteiger partial charge in [0.15, 0.2) is 23.8 Å². The molecule has 1 N–H and O–H groups in total. The number of hydrogen-bond donors (Lipinski definition) is 1. The van der Waals surface area contributed by atoms with Crippen LogP contribution in [0.25, 0.3) is 0 Å². The van der Waals surface area contributed by atoms with Gasteiger partial charge in [0.2, 0.25) is 0 Å². The Kier molecular flexibility index (Phi) is 35.8. The Labute approximate surface area is 327 Å². The van der Waals surface area contributed by atoms with Crippen molar-refractivity contribution in [1.82, 2.24) is 0 Å². The average molecular weight is 749 g/mol. The number of aliphatic hydroxyl groups is 1. The monoisotopic (exact) mass is 749 g/mol. The maximum atomic E-state index is 12.8. The van der Waals surface area contributed by atoms with E-state index in [-0.39, 0.29) is 37.6 Å². The van der Waals surface area contributed by atoms with Crippen molar-refractivity contribution in [3.05, 3.63) is 24.3 Å². The third kappa shape index (κ3) is 36.9. The number of allylic oxidation sites excluding steroid dienone is 4. The van der Waals surface area contributed by atoms with Crippen LogP contribution in [-0.2, 0) is 23.9 Å². The number of aliphatic hydroxyl groups excluding tert-OH is 1. The summed E-state index contributed by atoms with van der Waals surface area (Å²) in [7, 11) is 6.17. The van der Waals surface area contributed by atoms with Crippen LogP contribution in [0.2, 0.25) is 0 Å². The number of hydrogen-bond acceptors (Lipinski definition) is 6. The molecule has 0 radical (unpaired) electrons. The Morgan fingerprint density at radius 2 is 0.962 bits per heavy atom. The zero-order valence-electron chi connectivity index (χ0n) is 35.5. The average Bonchev–Trinajstić information content (AvgIpc) is 3.12. The van der Waals surface area contributed by atoms with E-state index in [4.69, 9.17) is 9.47 Å². The first-order valence-electron chi connectivity index (χ1n) is 22.2. The van der Waals surface area contributed by atoms with E-state index in [0.717, 1.165) is 68.8 Å². The van der Waals surface area contributed by atoms with Crippen molar-refractivity contribution in [3.63, 3.8) is 0 Å². The van der Waals surface area contributed by atoms with Crippen molar-refractivity contribution < 1.29 is 33.4 Å². The number of Topliss-reactive ketones (excluding diaryl/α,β-unsaturated/α-hetero) is 2. The predicted molar refractivity (Wildman–Crippen MR) is 223 cm³/mol. The second kappa shape index (κ2) is 37.1. The minimum absolute atomic E-state index is 0.00555. The molecule has 0 aliphatic heterocycles. The molecule has 0 heterocycles. The number of quaternary nitrogens is 1. The summed E-state index contributed by atoms with van der Waals surface area (Å²) in [6.07, 6.45) is 37.9. The van der Waals surface area contributed by atoms with Crippen LogP contribution in [0.1, 0.15) is 200 Å². The summed E-state index contributed by atoms with van der Waals surface area (Å²) < 4.78 is 12.0. The van der Waals surface area contributed by atoms with E-state index in [1.165, 1.54) is 96.3 Å². The third-order valence-electron chi connectivity index (χ3n) is 9.87. The first kappa shape index (κ1) is 51.2. The maximum Gasteiger partial charge on any atom is 0.306 e. The second-order valence-corrected chi connectivity index (χ2v) is 16.4. The summed E-state index contributed by atoms with van der Waals surface area (Å²) in [6.45, 7) is 5.02. The van der Waals surface area contributed by atoms with E-state index in [2.05, 4.69) is 59.3 Å². The van der Waals surface area contributed by atoms with E-state index in [1.54, 1.807) is 0 Å². The molecule has 7 heteroatoms. The van der Waals surface area contributed by atoms with Crippen LogP contribution < -0.4 is 0 Å². The van der Waals surface area contributed by atoms with Gasteiger partial charge in [-0.15, -0.1) is 0 Å². The van der Waals surface area contributed by atoms with Crippen molar-refractivity contribution in [2.45, 2.75) is 212 Å². The van der Waals surface area contributed by atoms with E-state index in [1.807, 2.05) is 0 Å². The van der Waals surface area contributed by atoms with Gasteiger partial charge in [-0.05, 0) is 64.2 Å². The number of esters is 1. The van der Waals surface area contributed by atoms with E-state index >= 15 is 0 Å². The van der Waals surface area contributed by atoms with Crippen LogP contribution in [0.15, 0.2) is 24.3 Å². The molecular weight excluding hydrogens is 663 g/mol. The van der Waals surface area contributed by atoms with Crippen molar-refractivity contribution in [3.8, 4) is 0 Å². The summed E-state index contributed by atoms with van der Waals surface area (Å²) in [5.41, 5.74) is 0. The number of ketones is 2. The molecule has 0 bridgehead atoms. The van der Waals surface area contributed by atoms with Gasteiger partial charge in [-0.3, -0.25) is 14.4 Å². The Bertz CT molecular complexity index is 923. The fraction of sp³-hybridized carbons (Fsp3) is 0.848. The minimum atomic E-state index is -1.46. The van der Waals surface area contributed by atoms with Crippen molar-refractivity contribution in [2.24, 2.45) is 0 Å². The molecule has 0 rings (SSSR count). The molecule has 0 aliphatic rings. The van der Waals surface area contributed by atoms with Crippen molar-refractivity contribution >= 4 is 17.5 Å². The summed E-state index contributed by atoms with van der Waals surface area (Å²) in [4.78, 5) is 38.1. The molecule has 0 fully saturated rings. The summed E-state index contributed by atoms with van der Waals surface area (Å²) in [5, 5.41) is 10.9. The van der Waals surface area contributed by atoms with Crippen LogP contribution >= 0.6 is 0 Å². The lowest BCUT2D eigenvalue weighted by Crippen LogP contribution is -2.42. The largest absolute Gasteiger partial charge is 0.457 e. The smallest absolute Gasteiger partial charge is 0.306 e. The molecule has 0 saturated carbocycles. The number of carbonyl (C=O) groups excluding carboxylic acids is 3. The zero-order valence-corrected chi connectivity index (χ0v) is 35.5. The van der Waals surface area contributed by atoms with Gasteiger partial charge in [-0.2, -0.15) is 0 Å². The van der Waals surface area contributed by atoms with E-state index in [0.29, 0.717) is 19.3 Å². The minimum Gasteiger partial charge on any atom is -0.457 e. The van der Waals surface area contributed by atoms with Gasteiger partial charge in [-0.25, -0.2) is 0 Å². The molecule has 0 aromatic heterocycles. The number of unbranched alkanes of at least 4 members (excludes halogenated alkanes) is 21. The molecule has 2 atom stereocenters. The molecule has 0 aromatic carbocycles. The van der Waals surface area contributed by atoms with Gasteiger partial charge in [0, 0.05) is 25.7 Å². The standard InChI is InChI=1S/C46H86NO6/c1-6-8-10-12-14-16-18-20-22-24-26-28-30-32-34-38-45(50)53-44(46(51)43(49)37-35-39-47(3,4)5)41-52-40-42(48)36-33-31-29-27-25-23-21-19-17-15-13-11-9-7-2/h19-22,44,46,51H,6-18,23-41H2,1-5H3/q+1/b21-19+,22-20+. The quantitative estimate of drug-likeness (QED) is 0.0290. The molecule has 0 aliphatic carbocycles. The van der Waals surface area contributed by atoms with Gasteiger partial charge in [-0.1, -0.05) is 134 Å². The molecule has 0 saturated heterocycles. The highest BCUT2D eigenvalue weighted by molar-refractivity contribution is 5.84. The Balaban J connectivity index is 4.36. The van der Waals surface area contributed by atoms with Crippen molar-refractivity contribution in [2.75, 3.05) is 40.9 Å². The Hall–Kier alpha value is -1.83. The normalized spacial score (nSPS) is 13.2. The predicted octanol–water partition coefficient (Wildman–Crippen LogP) is 11.6. The summed E-state index contributed by atoms with van der Waals surface area (Å²) in [5.74, 6) is -0.794. The molecular formula is C46H86NO6+. The van der Waals surface area contributed by atoms with Crippen LogP contribution in [0.4, 0.5) is 0 Å². The van der Waals surface area contributed by atoms with Gasteiger partial charge in [0.25, 0.3) is 0 Å². The zero-order chi connectivity index (χ0) is 39.3. The lowest BCUT2D eigenvalue weighted by Gasteiger charge is -2.25. The highest BCUT2D eigenvalue weighted by Crippen LogP contribution is 2.14. The van der Waals surface area contributed by atoms with Crippen molar-refractivity contribution in [1.29, 1.82) is 0 Å². The fourth-order valence-electron chi connectivity index (χ4n) is 6.42. The number of ether oxygens (including phenoxy) is 2. The van der Waals surface area contributed by atoms with Gasteiger partial charge >= 0.3 is 5.97 Å². The van der Waals surface area contributed by atoms with Gasteiger partial charge in [0.1, 0.15) is 6.61 Å². The summed E-state index contributed by atoms with van der Waals surface area (Å²) >= 11 is 0. The molecule has 0 amide bonds. The first-order chi connectivity index (χ1) is 25.6. The fourth-order valence-corrected chi connectivity index (χ4v) is 6.42. The Morgan fingerprint density at radius 3 is 1.42 bits per heavy atom. The molecule has 0 aromatic rings. The van der Waals surface area contributed by atoms with Crippen LogP contribution in [0, 0.1) is 0 Å². The summed E-state index contributed by atoms with van der Waals surface area (Å²) in [6, 6.07) is 0. The second-order valence-electron chi connectivity index (χ2n) is 16.4.